The predicted molar refractivity (Wildman–Crippen MR) is 140 cm³/mol. The zero-order valence-corrected chi connectivity index (χ0v) is 23.4. The van der Waals surface area contributed by atoms with Gasteiger partial charge in [-0.2, -0.15) is 0 Å². The van der Waals surface area contributed by atoms with Gasteiger partial charge in [0.05, 0.1) is 19.3 Å². The molecule has 0 aromatic carbocycles. The van der Waals surface area contributed by atoms with Crippen LogP contribution >= 0.6 is 0 Å². The lowest BCUT2D eigenvalue weighted by Gasteiger charge is -2.39. The largest absolute Gasteiger partial charge is 0.469 e. The Hall–Kier alpha value is -0.913. The number of fused-ring (bicyclic) bond motifs is 1. The van der Waals surface area contributed by atoms with Gasteiger partial charge in [0.15, 0.2) is 8.32 Å². The molecule has 0 amide bonds. The first kappa shape index (κ1) is 28.3. The number of hydrogen-bond donors (Lipinski definition) is 1. The van der Waals surface area contributed by atoms with Gasteiger partial charge in [-0.3, -0.25) is 4.79 Å². The minimum Gasteiger partial charge on any atom is -0.469 e. The van der Waals surface area contributed by atoms with Crippen molar-refractivity contribution in [1.82, 2.24) is 0 Å². The Morgan fingerprint density at radius 2 is 1.97 bits per heavy atom. The first-order valence-corrected chi connectivity index (χ1v) is 16.2. The molecule has 2 aliphatic rings. The van der Waals surface area contributed by atoms with Crippen molar-refractivity contribution in [3.63, 3.8) is 0 Å². The van der Waals surface area contributed by atoms with Gasteiger partial charge in [-0.1, -0.05) is 70.8 Å². The van der Waals surface area contributed by atoms with Gasteiger partial charge in [-0.15, -0.1) is 0 Å². The van der Waals surface area contributed by atoms with Crippen molar-refractivity contribution in [3.05, 3.63) is 23.8 Å². The van der Waals surface area contributed by atoms with Crippen molar-refractivity contribution in [2.24, 2.45) is 17.8 Å². The Labute approximate surface area is 204 Å². The van der Waals surface area contributed by atoms with Crippen LogP contribution in [0.1, 0.15) is 91.9 Å². The van der Waals surface area contributed by atoms with Crippen molar-refractivity contribution in [3.8, 4) is 0 Å². The Kier molecular flexibility index (Phi) is 10.9. The van der Waals surface area contributed by atoms with Gasteiger partial charge in [-0.05, 0) is 68.5 Å². The molecule has 0 saturated heterocycles. The van der Waals surface area contributed by atoms with Crippen LogP contribution in [0.2, 0.25) is 18.1 Å². The first-order valence-electron chi connectivity index (χ1n) is 13.3. The summed E-state index contributed by atoms with van der Waals surface area (Å²) in [4.78, 5) is 11.3. The third kappa shape index (κ3) is 8.36. The van der Waals surface area contributed by atoms with Crippen LogP contribution in [-0.4, -0.2) is 38.7 Å². The maximum atomic E-state index is 11.3. The summed E-state index contributed by atoms with van der Waals surface area (Å²) in [6, 6.07) is 0. The Balaban J connectivity index is 1.97. The fourth-order valence-electron chi connectivity index (χ4n) is 5.11. The molecule has 33 heavy (non-hydrogen) atoms. The van der Waals surface area contributed by atoms with Crippen molar-refractivity contribution in [2.45, 2.75) is 122 Å². The smallest absolute Gasteiger partial charge is 0.305 e. The minimum atomic E-state index is -1.85. The lowest BCUT2D eigenvalue weighted by Crippen LogP contribution is -2.43. The monoisotopic (exact) mass is 478 g/mol. The van der Waals surface area contributed by atoms with E-state index >= 15 is 0 Å². The standard InChI is InChI=1S/C28H50O4Si/c1-8-9-10-14-23(32-33(6,7)28(2,3)4)16-17-24-25-19-21(18-22(25)20-26(24)29)13-11-12-15-27(30)31-5/h16-18,22-26,29H,8-15,19-20H2,1-7H3/t22-,23-,24+,25-,26+/m0/s1. The quantitative estimate of drug-likeness (QED) is 0.132. The van der Waals surface area contributed by atoms with Gasteiger partial charge >= 0.3 is 5.97 Å². The number of ether oxygens (including phenoxy) is 1. The van der Waals surface area contributed by atoms with E-state index in [9.17, 15) is 9.90 Å². The van der Waals surface area contributed by atoms with Gasteiger partial charge in [0.25, 0.3) is 0 Å². The van der Waals surface area contributed by atoms with E-state index in [0.29, 0.717) is 18.3 Å². The summed E-state index contributed by atoms with van der Waals surface area (Å²) >= 11 is 0. The Bertz CT molecular complexity index is 676. The summed E-state index contributed by atoms with van der Waals surface area (Å²) in [5.74, 6) is 1.10. The summed E-state index contributed by atoms with van der Waals surface area (Å²) in [5, 5.41) is 11.0. The topological polar surface area (TPSA) is 55.8 Å². The molecule has 0 heterocycles. The third-order valence-corrected chi connectivity index (χ3v) is 12.7. The number of carbonyl (C=O) groups excluding carboxylic acids is 1. The van der Waals surface area contributed by atoms with E-state index in [1.54, 1.807) is 0 Å². The van der Waals surface area contributed by atoms with Crippen LogP contribution in [-0.2, 0) is 14.0 Å². The van der Waals surface area contributed by atoms with Crippen LogP contribution in [0.5, 0.6) is 0 Å². The zero-order chi connectivity index (χ0) is 24.6. The van der Waals surface area contributed by atoms with Crippen molar-refractivity contribution in [1.29, 1.82) is 0 Å². The number of rotatable bonds is 13. The highest BCUT2D eigenvalue weighted by Gasteiger charge is 2.43. The second kappa shape index (κ2) is 12.7. The van der Waals surface area contributed by atoms with Crippen LogP contribution in [0.4, 0.5) is 0 Å². The molecule has 0 bridgehead atoms. The lowest BCUT2D eigenvalue weighted by atomic mass is 9.88. The average Bonchev–Trinajstić information content (AvgIpc) is 3.24. The van der Waals surface area contributed by atoms with Crippen molar-refractivity contribution >= 4 is 14.3 Å². The molecule has 0 spiro atoms. The van der Waals surface area contributed by atoms with Crippen molar-refractivity contribution < 1.29 is 19.1 Å². The van der Waals surface area contributed by atoms with Crippen LogP contribution in [0.25, 0.3) is 0 Å². The molecule has 5 atom stereocenters. The predicted octanol–water partition coefficient (Wildman–Crippen LogP) is 7.19. The van der Waals surface area contributed by atoms with Crippen LogP contribution in [0.3, 0.4) is 0 Å². The zero-order valence-electron chi connectivity index (χ0n) is 22.4. The number of carbonyl (C=O) groups is 1. The highest BCUT2D eigenvalue weighted by atomic mass is 28.4. The molecule has 1 N–H and O–H groups in total. The van der Waals surface area contributed by atoms with Crippen LogP contribution in [0, 0.1) is 17.8 Å². The first-order chi connectivity index (χ1) is 15.5. The number of esters is 1. The maximum Gasteiger partial charge on any atom is 0.305 e. The molecular formula is C28H50O4Si. The van der Waals surface area contributed by atoms with E-state index in [4.69, 9.17) is 9.16 Å². The number of allylic oxidation sites excluding steroid dienone is 2. The second-order valence-electron chi connectivity index (χ2n) is 11.8. The molecule has 0 aromatic rings. The third-order valence-electron chi connectivity index (χ3n) is 8.20. The summed E-state index contributed by atoms with van der Waals surface area (Å²) in [5.41, 5.74) is 1.51. The molecule has 5 heteroatoms. The van der Waals surface area contributed by atoms with E-state index in [2.05, 4.69) is 59.0 Å². The molecule has 2 aliphatic carbocycles. The molecule has 0 aliphatic heterocycles. The van der Waals surface area contributed by atoms with Gasteiger partial charge in [0, 0.05) is 12.3 Å². The molecule has 0 aromatic heterocycles. The molecule has 4 nitrogen and oxygen atoms in total. The number of unbranched alkanes of at least 4 members (excludes halogenated alkanes) is 3. The molecule has 1 saturated carbocycles. The van der Waals surface area contributed by atoms with Gasteiger partial charge < -0.3 is 14.3 Å². The van der Waals surface area contributed by atoms with Crippen LogP contribution in [0.15, 0.2) is 23.8 Å². The van der Waals surface area contributed by atoms with Crippen molar-refractivity contribution in [2.75, 3.05) is 7.11 Å². The molecule has 0 unspecified atom stereocenters. The highest BCUT2D eigenvalue weighted by Crippen LogP contribution is 2.48. The van der Waals surface area contributed by atoms with Gasteiger partial charge in [0.1, 0.15) is 0 Å². The Morgan fingerprint density at radius 1 is 1.24 bits per heavy atom. The number of hydrogen-bond acceptors (Lipinski definition) is 4. The fraction of sp³-hybridized carbons (Fsp3) is 0.821. The lowest BCUT2D eigenvalue weighted by molar-refractivity contribution is -0.140. The highest BCUT2D eigenvalue weighted by molar-refractivity contribution is 6.74. The van der Waals surface area contributed by atoms with E-state index < -0.39 is 8.32 Å². The molecule has 190 valence electrons. The summed E-state index contributed by atoms with van der Waals surface area (Å²) in [6.45, 7) is 13.8. The van der Waals surface area contributed by atoms with E-state index in [0.717, 1.165) is 38.5 Å². The van der Waals surface area contributed by atoms with E-state index in [-0.39, 0.29) is 29.1 Å². The number of aliphatic hydroxyl groups excluding tert-OH is 1. The molecule has 1 fully saturated rings. The summed E-state index contributed by atoms with van der Waals surface area (Å²) < 4.78 is 11.5. The maximum absolute atomic E-state index is 11.3. The number of aliphatic hydroxyl groups is 1. The molecular weight excluding hydrogens is 428 g/mol. The normalized spacial score (nSPS) is 26.5. The average molecular weight is 479 g/mol. The Morgan fingerprint density at radius 3 is 2.61 bits per heavy atom. The second-order valence-corrected chi connectivity index (χ2v) is 16.6. The molecule has 0 radical (unpaired) electrons. The molecule has 2 rings (SSSR count). The van der Waals surface area contributed by atoms with E-state index in [1.165, 1.54) is 31.9 Å². The summed E-state index contributed by atoms with van der Waals surface area (Å²) in [7, 11) is -0.394. The van der Waals surface area contributed by atoms with Gasteiger partial charge in [-0.25, -0.2) is 0 Å². The van der Waals surface area contributed by atoms with Crippen LogP contribution < -0.4 is 0 Å². The van der Waals surface area contributed by atoms with Gasteiger partial charge in [0.2, 0.25) is 0 Å². The summed E-state index contributed by atoms with van der Waals surface area (Å²) in [6.07, 6.45) is 17.1. The van der Waals surface area contributed by atoms with E-state index in [1.807, 2.05) is 0 Å². The minimum absolute atomic E-state index is 0.117. The SMILES string of the molecule is CCCCC[C@@H](C=C[C@@H]1[C@H]2CC(CCCCC(=O)OC)=C[C@H]2C[C@H]1O)O[Si](C)(C)C(C)(C)C. The fourth-order valence-corrected chi connectivity index (χ4v) is 6.42. The number of methoxy groups -OCH3 is 1.